The lowest BCUT2D eigenvalue weighted by Gasteiger charge is -2.17. The Kier molecular flexibility index (Phi) is 6.52. The highest BCUT2D eigenvalue weighted by molar-refractivity contribution is 7.94. The molecule has 0 saturated heterocycles. The number of amides is 2. The van der Waals surface area contributed by atoms with E-state index in [1.807, 2.05) is 0 Å². The molecule has 4 rings (SSSR count). The fraction of sp³-hybridized carbons (Fsp3) is 0.217. The highest BCUT2D eigenvalue weighted by atomic mass is 32.2. The van der Waals surface area contributed by atoms with Gasteiger partial charge in [0.1, 0.15) is 5.56 Å². The SMILES string of the molecule is Cc1nc(F)ccc1Oc1ncc(C(F)(F)F)c(C)c1C(=O)Nc1cccc(S2(=O)=NC(=O)CC2)c1. The van der Waals surface area contributed by atoms with E-state index < -0.39 is 56.2 Å². The summed E-state index contributed by atoms with van der Waals surface area (Å²) in [6.07, 6.45) is -4.23. The third-order valence-corrected chi connectivity index (χ3v) is 7.59. The number of anilines is 1. The van der Waals surface area contributed by atoms with Gasteiger partial charge in [0.25, 0.3) is 11.8 Å². The van der Waals surface area contributed by atoms with Gasteiger partial charge < -0.3 is 10.1 Å². The summed E-state index contributed by atoms with van der Waals surface area (Å²) < 4.78 is 76.2. The molecule has 0 bridgehead atoms. The van der Waals surface area contributed by atoms with Crippen molar-refractivity contribution in [2.24, 2.45) is 4.36 Å². The molecule has 188 valence electrons. The largest absolute Gasteiger partial charge is 0.436 e. The number of alkyl halides is 3. The van der Waals surface area contributed by atoms with E-state index in [1.54, 1.807) is 0 Å². The molecule has 1 unspecified atom stereocenters. The monoisotopic (exact) mass is 522 g/mol. The van der Waals surface area contributed by atoms with Crippen LogP contribution in [-0.2, 0) is 20.7 Å². The number of halogens is 4. The topological polar surface area (TPSA) is 111 Å². The second-order valence-electron chi connectivity index (χ2n) is 7.86. The van der Waals surface area contributed by atoms with Crippen LogP contribution < -0.4 is 10.1 Å². The van der Waals surface area contributed by atoms with Gasteiger partial charge in [0.15, 0.2) is 5.75 Å². The zero-order chi connectivity index (χ0) is 26.3. The molecule has 36 heavy (non-hydrogen) atoms. The van der Waals surface area contributed by atoms with E-state index in [0.717, 1.165) is 13.0 Å². The lowest BCUT2D eigenvalue weighted by molar-refractivity contribution is -0.138. The van der Waals surface area contributed by atoms with Gasteiger partial charge >= 0.3 is 6.18 Å². The summed E-state index contributed by atoms with van der Waals surface area (Å²) in [6, 6.07) is 7.93. The minimum Gasteiger partial charge on any atom is -0.436 e. The smallest absolute Gasteiger partial charge is 0.418 e. The van der Waals surface area contributed by atoms with Crippen molar-refractivity contribution in [1.29, 1.82) is 0 Å². The van der Waals surface area contributed by atoms with E-state index in [2.05, 4.69) is 19.6 Å². The minimum atomic E-state index is -4.80. The number of benzene rings is 1. The molecular formula is C23H18F4N4O4S. The molecule has 0 spiro atoms. The van der Waals surface area contributed by atoms with Crippen molar-refractivity contribution in [1.82, 2.24) is 9.97 Å². The summed E-state index contributed by atoms with van der Waals surface area (Å²) >= 11 is 0. The highest BCUT2D eigenvalue weighted by Gasteiger charge is 2.36. The van der Waals surface area contributed by atoms with E-state index in [-0.39, 0.29) is 34.2 Å². The number of aryl methyl sites for hydroxylation is 1. The average molecular weight is 522 g/mol. The normalized spacial score (nSPS) is 17.6. The van der Waals surface area contributed by atoms with E-state index in [9.17, 15) is 31.4 Å². The molecule has 1 atom stereocenters. The van der Waals surface area contributed by atoms with Crippen LogP contribution in [0.25, 0.3) is 0 Å². The minimum absolute atomic E-state index is 0.0106. The third-order valence-electron chi connectivity index (χ3n) is 5.35. The second kappa shape index (κ2) is 9.30. The van der Waals surface area contributed by atoms with E-state index in [0.29, 0.717) is 6.20 Å². The summed E-state index contributed by atoms with van der Waals surface area (Å²) in [5, 5.41) is 2.47. The molecule has 2 aromatic heterocycles. The predicted molar refractivity (Wildman–Crippen MR) is 121 cm³/mol. The first-order chi connectivity index (χ1) is 16.9. The van der Waals surface area contributed by atoms with Gasteiger partial charge in [-0.2, -0.15) is 21.9 Å². The van der Waals surface area contributed by atoms with Crippen LogP contribution in [0.15, 0.2) is 51.9 Å². The Morgan fingerprint density at radius 1 is 1.17 bits per heavy atom. The van der Waals surface area contributed by atoms with Crippen LogP contribution in [-0.4, -0.2) is 31.7 Å². The lowest BCUT2D eigenvalue weighted by Crippen LogP contribution is -2.19. The maximum absolute atomic E-state index is 13.6. The lowest BCUT2D eigenvalue weighted by atomic mass is 10.0. The van der Waals surface area contributed by atoms with Crippen molar-refractivity contribution in [3.05, 3.63) is 70.9 Å². The molecule has 1 aromatic carbocycles. The van der Waals surface area contributed by atoms with Crippen molar-refractivity contribution >= 4 is 27.2 Å². The Bertz CT molecular complexity index is 1510. The number of pyridine rings is 2. The maximum Gasteiger partial charge on any atom is 0.418 e. The van der Waals surface area contributed by atoms with E-state index in [4.69, 9.17) is 4.74 Å². The Labute approximate surface area is 202 Å². The number of rotatable bonds is 5. The quantitative estimate of drug-likeness (QED) is 0.371. The Morgan fingerprint density at radius 2 is 1.92 bits per heavy atom. The summed E-state index contributed by atoms with van der Waals surface area (Å²) in [5.74, 6) is -2.70. The molecule has 1 aliphatic rings. The first kappa shape index (κ1) is 25.2. The molecule has 2 amide bonds. The van der Waals surface area contributed by atoms with E-state index >= 15 is 0 Å². The third kappa shape index (κ3) is 5.05. The Hall–Kier alpha value is -3.87. The van der Waals surface area contributed by atoms with Crippen LogP contribution in [0.3, 0.4) is 0 Å². The highest BCUT2D eigenvalue weighted by Crippen LogP contribution is 2.37. The van der Waals surface area contributed by atoms with Crippen molar-refractivity contribution in [3.63, 3.8) is 0 Å². The molecule has 0 fully saturated rings. The fourth-order valence-electron chi connectivity index (χ4n) is 3.56. The molecule has 1 N–H and O–H groups in total. The number of hydrogen-bond acceptors (Lipinski definition) is 6. The van der Waals surface area contributed by atoms with Gasteiger partial charge in [0.2, 0.25) is 11.8 Å². The zero-order valence-corrected chi connectivity index (χ0v) is 19.7. The van der Waals surface area contributed by atoms with Gasteiger partial charge in [-0.1, -0.05) is 6.07 Å². The van der Waals surface area contributed by atoms with Crippen LogP contribution in [0.5, 0.6) is 11.6 Å². The summed E-state index contributed by atoms with van der Waals surface area (Å²) in [4.78, 5) is 32.2. The fourth-order valence-corrected chi connectivity index (χ4v) is 5.46. The van der Waals surface area contributed by atoms with Gasteiger partial charge in [0, 0.05) is 29.0 Å². The summed E-state index contributed by atoms with van der Waals surface area (Å²) in [7, 11) is -3.00. The molecule has 0 radical (unpaired) electrons. The molecule has 3 heterocycles. The summed E-state index contributed by atoms with van der Waals surface area (Å²) in [5.41, 5.74) is -1.90. The molecule has 0 saturated carbocycles. The van der Waals surface area contributed by atoms with Crippen LogP contribution >= 0.6 is 0 Å². The molecule has 1 aliphatic heterocycles. The number of carbonyl (C=O) groups excluding carboxylic acids is 2. The standard InChI is InChI=1S/C23H18F4N4O4S/c1-12-16(23(25,26)27)11-28-22(35-17-6-7-18(24)29-13(17)2)20(12)21(33)30-14-4-3-5-15(10-14)36(34)9-8-19(32)31-36/h3-7,10-11H,8-9H2,1-2H3,(H,30,33). The van der Waals surface area contributed by atoms with E-state index in [1.165, 1.54) is 37.3 Å². The van der Waals surface area contributed by atoms with Crippen molar-refractivity contribution in [3.8, 4) is 11.6 Å². The van der Waals surface area contributed by atoms with Crippen LogP contribution in [0, 0.1) is 19.8 Å². The van der Waals surface area contributed by atoms with Crippen LogP contribution in [0.4, 0.5) is 23.2 Å². The molecule has 13 heteroatoms. The van der Waals surface area contributed by atoms with Gasteiger partial charge in [-0.05, 0) is 49.7 Å². The molecule has 0 aliphatic carbocycles. The van der Waals surface area contributed by atoms with Crippen molar-refractivity contribution in [2.75, 3.05) is 11.1 Å². The summed E-state index contributed by atoms with van der Waals surface area (Å²) in [6.45, 7) is 2.51. The predicted octanol–water partition coefficient (Wildman–Crippen LogP) is 5.05. The van der Waals surface area contributed by atoms with Gasteiger partial charge in [-0.15, -0.1) is 0 Å². The molecular weight excluding hydrogens is 504 g/mol. The van der Waals surface area contributed by atoms with Gasteiger partial charge in [-0.3, -0.25) is 9.59 Å². The first-order valence-electron chi connectivity index (χ1n) is 10.4. The number of aromatic nitrogens is 2. The van der Waals surface area contributed by atoms with Gasteiger partial charge in [-0.25, -0.2) is 14.2 Å². The van der Waals surface area contributed by atoms with Gasteiger partial charge in [0.05, 0.1) is 21.0 Å². The van der Waals surface area contributed by atoms with Crippen LogP contribution in [0.1, 0.15) is 33.6 Å². The molecule has 8 nitrogen and oxygen atoms in total. The second-order valence-corrected chi connectivity index (χ2v) is 10.2. The number of hydrogen-bond donors (Lipinski definition) is 1. The van der Waals surface area contributed by atoms with Crippen molar-refractivity contribution < 1.29 is 36.1 Å². The Morgan fingerprint density at radius 3 is 2.56 bits per heavy atom. The first-order valence-corrected chi connectivity index (χ1v) is 12.1. The maximum atomic E-state index is 13.6. The number of ether oxygens (including phenoxy) is 1. The average Bonchev–Trinajstić information content (AvgIpc) is 3.14. The Balaban J connectivity index is 1.74. The van der Waals surface area contributed by atoms with Crippen molar-refractivity contribution in [2.45, 2.75) is 31.3 Å². The molecule has 3 aromatic rings. The number of carbonyl (C=O) groups is 2. The zero-order valence-electron chi connectivity index (χ0n) is 18.9. The number of nitrogens with one attached hydrogen (secondary N) is 1. The van der Waals surface area contributed by atoms with Crippen LogP contribution in [0.2, 0.25) is 0 Å². The number of nitrogens with zero attached hydrogens (tertiary/aromatic N) is 3.